The maximum absolute atomic E-state index is 11.5. The zero-order valence-corrected chi connectivity index (χ0v) is 13.2. The fourth-order valence-electron chi connectivity index (χ4n) is 1.94. The van der Waals surface area contributed by atoms with Gasteiger partial charge in [0.1, 0.15) is 16.7 Å². The summed E-state index contributed by atoms with van der Waals surface area (Å²) in [5.41, 5.74) is 5.42. The molecule has 0 bridgehead atoms. The highest BCUT2D eigenvalue weighted by atomic mass is 35.5. The minimum Gasteiger partial charge on any atom is -0.368 e. The van der Waals surface area contributed by atoms with Crippen molar-refractivity contribution >= 4 is 44.9 Å². The van der Waals surface area contributed by atoms with Gasteiger partial charge in [-0.3, -0.25) is 4.79 Å². The summed E-state index contributed by atoms with van der Waals surface area (Å²) in [5, 5.41) is 4.14. The van der Waals surface area contributed by atoms with Crippen LogP contribution < -0.4 is 11.1 Å². The molecule has 0 radical (unpaired) electrons. The molecule has 0 aliphatic rings. The second-order valence-corrected chi connectivity index (χ2v) is 6.35. The number of aryl methyl sites for hydroxylation is 1. The number of thiophene rings is 1. The lowest BCUT2D eigenvalue weighted by atomic mass is 10.0. The number of aromatic nitrogens is 2. The number of rotatable bonds is 5. The van der Waals surface area contributed by atoms with Gasteiger partial charge in [0.25, 0.3) is 0 Å². The Bertz CT molecular complexity index is 641. The SMILES string of the molecule is CCc1cc2c(NC(C(N)=O)C(C)C)nc(Cl)nc2s1. The number of primary amides is 1. The largest absolute Gasteiger partial charge is 0.368 e. The van der Waals surface area contributed by atoms with Crippen LogP contribution in [0.25, 0.3) is 10.2 Å². The average molecular weight is 313 g/mol. The second kappa shape index (κ2) is 5.93. The van der Waals surface area contributed by atoms with Crippen molar-refractivity contribution in [1.82, 2.24) is 9.97 Å². The Morgan fingerprint density at radius 1 is 1.50 bits per heavy atom. The Labute approximate surface area is 126 Å². The Kier molecular flexibility index (Phi) is 4.45. The van der Waals surface area contributed by atoms with E-state index in [1.54, 1.807) is 11.3 Å². The molecule has 2 heterocycles. The molecule has 3 N–H and O–H groups in total. The molecule has 2 aromatic rings. The molecular weight excluding hydrogens is 296 g/mol. The van der Waals surface area contributed by atoms with Gasteiger partial charge in [-0.05, 0) is 30.0 Å². The molecule has 108 valence electrons. The predicted molar refractivity (Wildman–Crippen MR) is 83.2 cm³/mol. The van der Waals surface area contributed by atoms with E-state index in [4.69, 9.17) is 17.3 Å². The summed E-state index contributed by atoms with van der Waals surface area (Å²) in [6.45, 7) is 5.92. The third-order valence-corrected chi connectivity index (χ3v) is 4.37. The molecule has 0 aliphatic heterocycles. The molecule has 0 saturated carbocycles. The molecule has 5 nitrogen and oxygen atoms in total. The lowest BCUT2D eigenvalue weighted by Crippen LogP contribution is -2.39. The first-order chi connectivity index (χ1) is 9.42. The summed E-state index contributed by atoms with van der Waals surface area (Å²) >= 11 is 7.52. The van der Waals surface area contributed by atoms with Gasteiger partial charge >= 0.3 is 0 Å². The van der Waals surface area contributed by atoms with Crippen LogP contribution in [0.2, 0.25) is 5.28 Å². The molecule has 7 heteroatoms. The molecule has 0 fully saturated rings. The van der Waals surface area contributed by atoms with Gasteiger partial charge in [0.05, 0.1) is 5.39 Å². The fourth-order valence-corrected chi connectivity index (χ4v) is 3.13. The number of nitrogens with one attached hydrogen (secondary N) is 1. The number of nitrogens with zero attached hydrogens (tertiary/aromatic N) is 2. The maximum atomic E-state index is 11.5. The van der Waals surface area contributed by atoms with Crippen LogP contribution in [0.3, 0.4) is 0 Å². The standard InChI is InChI=1S/C13H17ClN4OS/c1-4-7-5-8-11(16-9(6(2)3)10(15)19)17-13(14)18-12(8)20-7/h5-6,9H,4H2,1-3H3,(H2,15,19)(H,16,17,18). The number of halogens is 1. The Hall–Kier alpha value is -1.40. The highest BCUT2D eigenvalue weighted by Gasteiger charge is 2.21. The first kappa shape index (κ1) is 15.0. The molecule has 0 aromatic carbocycles. The summed E-state index contributed by atoms with van der Waals surface area (Å²) in [6.07, 6.45) is 0.918. The van der Waals surface area contributed by atoms with Crippen molar-refractivity contribution in [3.8, 4) is 0 Å². The lowest BCUT2D eigenvalue weighted by Gasteiger charge is -2.19. The van der Waals surface area contributed by atoms with Crippen LogP contribution in [-0.2, 0) is 11.2 Å². The van der Waals surface area contributed by atoms with Crippen molar-refractivity contribution in [2.45, 2.75) is 33.2 Å². The van der Waals surface area contributed by atoms with E-state index in [0.29, 0.717) is 5.82 Å². The first-order valence-electron chi connectivity index (χ1n) is 6.44. The van der Waals surface area contributed by atoms with Gasteiger partial charge in [-0.2, -0.15) is 0 Å². The Balaban J connectivity index is 2.47. The van der Waals surface area contributed by atoms with E-state index in [-0.39, 0.29) is 11.2 Å². The summed E-state index contributed by atoms with van der Waals surface area (Å²) in [4.78, 5) is 21.9. The molecular formula is C13H17ClN4OS. The molecule has 20 heavy (non-hydrogen) atoms. The van der Waals surface area contributed by atoms with Gasteiger partial charge in [-0.25, -0.2) is 9.97 Å². The summed E-state index contributed by atoms with van der Waals surface area (Å²) in [7, 11) is 0. The highest BCUT2D eigenvalue weighted by Crippen LogP contribution is 2.31. The quantitative estimate of drug-likeness (QED) is 0.832. The van der Waals surface area contributed by atoms with Gasteiger partial charge in [0, 0.05) is 4.88 Å². The normalized spacial score (nSPS) is 12.8. The Morgan fingerprint density at radius 2 is 2.20 bits per heavy atom. The minimum atomic E-state index is -0.492. The number of anilines is 1. The molecule has 0 aliphatic carbocycles. The van der Waals surface area contributed by atoms with Gasteiger partial charge in [0.15, 0.2) is 0 Å². The molecule has 0 spiro atoms. The van der Waals surface area contributed by atoms with E-state index in [9.17, 15) is 4.79 Å². The highest BCUT2D eigenvalue weighted by molar-refractivity contribution is 7.18. The number of amides is 1. The van der Waals surface area contributed by atoms with E-state index in [0.717, 1.165) is 16.6 Å². The third-order valence-electron chi connectivity index (χ3n) is 3.03. The molecule has 0 saturated heterocycles. The van der Waals surface area contributed by atoms with Crippen LogP contribution in [-0.4, -0.2) is 21.9 Å². The van der Waals surface area contributed by atoms with Gasteiger partial charge < -0.3 is 11.1 Å². The molecule has 1 atom stereocenters. The number of carbonyl (C=O) groups excluding carboxylic acids is 1. The van der Waals surface area contributed by atoms with Crippen molar-refractivity contribution in [2.24, 2.45) is 11.7 Å². The summed E-state index contributed by atoms with van der Waals surface area (Å²) < 4.78 is 0. The van der Waals surface area contributed by atoms with E-state index >= 15 is 0 Å². The van der Waals surface area contributed by atoms with Gasteiger partial charge in [-0.1, -0.05) is 20.8 Å². The summed E-state index contributed by atoms with van der Waals surface area (Å²) in [5.74, 6) is 0.211. The maximum Gasteiger partial charge on any atom is 0.240 e. The lowest BCUT2D eigenvalue weighted by molar-refractivity contribution is -0.119. The zero-order valence-electron chi connectivity index (χ0n) is 11.6. The van der Waals surface area contributed by atoms with Crippen molar-refractivity contribution < 1.29 is 4.79 Å². The second-order valence-electron chi connectivity index (χ2n) is 4.89. The smallest absolute Gasteiger partial charge is 0.240 e. The van der Waals surface area contributed by atoms with Crippen LogP contribution in [0.4, 0.5) is 5.82 Å². The van der Waals surface area contributed by atoms with Crippen molar-refractivity contribution in [2.75, 3.05) is 5.32 Å². The average Bonchev–Trinajstić information content (AvgIpc) is 2.77. The molecule has 1 unspecified atom stereocenters. The van der Waals surface area contributed by atoms with Crippen molar-refractivity contribution in [1.29, 1.82) is 0 Å². The van der Waals surface area contributed by atoms with Gasteiger partial charge in [0.2, 0.25) is 11.2 Å². The van der Waals surface area contributed by atoms with E-state index in [1.807, 2.05) is 19.9 Å². The number of fused-ring (bicyclic) bond motifs is 1. The number of hydrogen-bond acceptors (Lipinski definition) is 5. The van der Waals surface area contributed by atoms with Crippen molar-refractivity contribution in [3.63, 3.8) is 0 Å². The van der Waals surface area contributed by atoms with Crippen LogP contribution in [0, 0.1) is 5.92 Å². The van der Waals surface area contributed by atoms with Crippen molar-refractivity contribution in [3.05, 3.63) is 16.2 Å². The monoisotopic (exact) mass is 312 g/mol. The molecule has 2 aromatic heterocycles. The van der Waals surface area contributed by atoms with E-state index < -0.39 is 11.9 Å². The molecule has 2 rings (SSSR count). The van der Waals surface area contributed by atoms with Gasteiger partial charge in [-0.15, -0.1) is 11.3 Å². The fraction of sp³-hybridized carbons (Fsp3) is 0.462. The van der Waals surface area contributed by atoms with Crippen LogP contribution >= 0.6 is 22.9 Å². The van der Waals surface area contributed by atoms with Crippen LogP contribution in [0.1, 0.15) is 25.6 Å². The zero-order chi connectivity index (χ0) is 14.9. The first-order valence-corrected chi connectivity index (χ1v) is 7.63. The van der Waals surface area contributed by atoms with Crippen LogP contribution in [0.5, 0.6) is 0 Å². The summed E-state index contributed by atoms with van der Waals surface area (Å²) in [6, 6.07) is 1.53. The van der Waals surface area contributed by atoms with E-state index in [1.165, 1.54) is 4.88 Å². The number of carbonyl (C=O) groups is 1. The predicted octanol–water partition coefficient (Wildman–Crippen LogP) is 2.83. The number of nitrogens with two attached hydrogens (primary N) is 1. The molecule has 1 amide bonds. The minimum absolute atomic E-state index is 0.0561. The topological polar surface area (TPSA) is 80.9 Å². The third kappa shape index (κ3) is 3.02. The Morgan fingerprint density at radius 3 is 2.75 bits per heavy atom. The number of hydrogen-bond donors (Lipinski definition) is 2. The van der Waals surface area contributed by atoms with E-state index in [2.05, 4.69) is 22.2 Å². The van der Waals surface area contributed by atoms with Crippen LogP contribution in [0.15, 0.2) is 6.07 Å².